The van der Waals surface area contributed by atoms with Crippen LogP contribution in [0.1, 0.15) is 142 Å². The van der Waals surface area contributed by atoms with Crippen molar-refractivity contribution in [2.45, 2.75) is 154 Å². The second-order valence-corrected chi connectivity index (χ2v) is 10.6. The number of rotatable bonds is 22. The maximum Gasteiger partial charge on any atom is 0.267 e. The van der Waals surface area contributed by atoms with E-state index in [1.54, 1.807) is 0 Å². The Morgan fingerprint density at radius 3 is 1.28 bits per heavy atom. The minimum Gasteiger partial charge on any atom is -0.393 e. The first-order valence-electron chi connectivity index (χ1n) is 12.6. The summed E-state index contributed by atoms with van der Waals surface area (Å²) in [6, 6.07) is 0. The Morgan fingerprint density at radius 2 is 0.862 bits per heavy atom. The third-order valence-electron chi connectivity index (χ3n) is 6.01. The van der Waals surface area contributed by atoms with Gasteiger partial charge in [0.25, 0.3) is 10.1 Å². The van der Waals surface area contributed by atoms with E-state index < -0.39 is 15.4 Å². The Bertz CT molecular complexity index is 436. The van der Waals surface area contributed by atoms with Gasteiger partial charge in [0.05, 0.1) is 11.4 Å². The number of hydrogen-bond donors (Lipinski definition) is 2. The van der Waals surface area contributed by atoms with Crippen LogP contribution in [0.5, 0.6) is 0 Å². The fraction of sp³-hybridized carbons (Fsp3) is 1.00. The van der Waals surface area contributed by atoms with Crippen molar-refractivity contribution in [3.05, 3.63) is 0 Å². The first-order valence-corrected chi connectivity index (χ1v) is 14.1. The molecule has 0 saturated heterocycles. The van der Waals surface area contributed by atoms with E-state index in [1.165, 1.54) is 44.9 Å². The first kappa shape index (κ1) is 28.9. The van der Waals surface area contributed by atoms with Crippen LogP contribution in [0.2, 0.25) is 0 Å². The van der Waals surface area contributed by atoms with Crippen molar-refractivity contribution >= 4 is 10.1 Å². The molecule has 2 atom stereocenters. The summed E-state index contributed by atoms with van der Waals surface area (Å²) >= 11 is 0. The Labute approximate surface area is 182 Å². The lowest BCUT2D eigenvalue weighted by molar-refractivity contribution is 0.147. The van der Waals surface area contributed by atoms with Crippen LogP contribution in [0.15, 0.2) is 0 Å². The molecule has 0 aromatic carbocycles. The molecule has 2 N–H and O–H groups in total. The van der Waals surface area contributed by atoms with E-state index in [4.69, 9.17) is 0 Å². The second-order valence-electron chi connectivity index (χ2n) is 8.90. The monoisotopic (exact) mass is 434 g/mol. The van der Waals surface area contributed by atoms with Crippen LogP contribution < -0.4 is 0 Å². The number of aliphatic hydroxyl groups is 1. The van der Waals surface area contributed by atoms with Gasteiger partial charge in [-0.15, -0.1) is 0 Å². The maximum atomic E-state index is 11.5. The van der Waals surface area contributed by atoms with Gasteiger partial charge in [-0.3, -0.25) is 4.55 Å². The van der Waals surface area contributed by atoms with Crippen molar-refractivity contribution in [2.75, 3.05) is 0 Å². The molecule has 0 heterocycles. The van der Waals surface area contributed by atoms with Gasteiger partial charge in [0, 0.05) is 0 Å². The molecule has 5 heteroatoms. The molecule has 4 nitrogen and oxygen atoms in total. The summed E-state index contributed by atoms with van der Waals surface area (Å²) in [5.74, 6) is 0. The first-order chi connectivity index (χ1) is 13.9. The van der Waals surface area contributed by atoms with Gasteiger partial charge in [-0.05, 0) is 25.7 Å². The van der Waals surface area contributed by atoms with Crippen molar-refractivity contribution in [3.8, 4) is 0 Å². The molecular formula is C24H50O4S. The molecule has 176 valence electrons. The third kappa shape index (κ3) is 19.6. The van der Waals surface area contributed by atoms with Crippen LogP contribution in [0.3, 0.4) is 0 Å². The maximum absolute atomic E-state index is 11.5. The van der Waals surface area contributed by atoms with Gasteiger partial charge in [-0.2, -0.15) is 8.42 Å². The minimum absolute atomic E-state index is 0.155. The standard InChI is InChI=1S/C24H50O4S/c1-3-5-7-8-9-10-12-16-19-23(25)20-17-13-11-14-18-22-24(29(26,27)28)21-15-6-4-2/h23-25H,3-22H2,1-2H3,(H,26,27,28). The van der Waals surface area contributed by atoms with Gasteiger partial charge in [-0.25, -0.2) is 0 Å². The Hall–Kier alpha value is -0.130. The summed E-state index contributed by atoms with van der Waals surface area (Å²) in [6.07, 6.45) is 21.3. The molecule has 2 unspecified atom stereocenters. The lowest BCUT2D eigenvalue weighted by Gasteiger charge is -2.13. The fourth-order valence-electron chi connectivity index (χ4n) is 4.00. The molecule has 0 bridgehead atoms. The van der Waals surface area contributed by atoms with E-state index in [1.807, 2.05) is 0 Å². The second kappa shape index (κ2) is 19.8. The predicted octanol–water partition coefficient (Wildman–Crippen LogP) is 7.45. The van der Waals surface area contributed by atoms with E-state index >= 15 is 0 Å². The quantitative estimate of drug-likeness (QED) is 0.137. The van der Waals surface area contributed by atoms with Crippen LogP contribution in [0.25, 0.3) is 0 Å². The molecule has 0 aromatic rings. The van der Waals surface area contributed by atoms with Gasteiger partial charge in [0.2, 0.25) is 0 Å². The van der Waals surface area contributed by atoms with E-state index in [-0.39, 0.29) is 6.10 Å². The van der Waals surface area contributed by atoms with Crippen LogP contribution in [0, 0.1) is 0 Å². The largest absolute Gasteiger partial charge is 0.393 e. The predicted molar refractivity (Wildman–Crippen MR) is 125 cm³/mol. The summed E-state index contributed by atoms with van der Waals surface area (Å²) in [5, 5.41) is 9.51. The molecule has 0 aliphatic carbocycles. The van der Waals surface area contributed by atoms with E-state index in [2.05, 4.69) is 13.8 Å². The molecule has 0 aliphatic heterocycles. The summed E-state index contributed by atoms with van der Waals surface area (Å²) in [4.78, 5) is 0. The van der Waals surface area contributed by atoms with Gasteiger partial charge >= 0.3 is 0 Å². The zero-order chi connectivity index (χ0) is 21.8. The molecule has 0 saturated carbocycles. The summed E-state index contributed by atoms with van der Waals surface area (Å²) in [7, 11) is -3.91. The normalized spacial score (nSPS) is 14.2. The lowest BCUT2D eigenvalue weighted by atomic mass is 10.0. The van der Waals surface area contributed by atoms with Crippen LogP contribution in [0.4, 0.5) is 0 Å². The zero-order valence-corrected chi connectivity index (χ0v) is 20.2. The Balaban J connectivity index is 3.55. The lowest BCUT2D eigenvalue weighted by Crippen LogP contribution is -2.20. The third-order valence-corrected chi connectivity index (χ3v) is 7.32. The molecule has 0 aliphatic rings. The zero-order valence-electron chi connectivity index (χ0n) is 19.4. The van der Waals surface area contributed by atoms with Crippen LogP contribution in [-0.2, 0) is 10.1 Å². The molecule has 29 heavy (non-hydrogen) atoms. The number of hydrogen-bond acceptors (Lipinski definition) is 3. The summed E-state index contributed by atoms with van der Waals surface area (Å²) in [5.41, 5.74) is 0. The highest BCUT2D eigenvalue weighted by atomic mass is 32.2. The summed E-state index contributed by atoms with van der Waals surface area (Å²) < 4.78 is 32.3. The van der Waals surface area contributed by atoms with Gasteiger partial charge in [0.15, 0.2) is 0 Å². The molecule has 0 radical (unpaired) electrons. The average molecular weight is 435 g/mol. The molecule has 0 amide bonds. The molecule has 0 rings (SSSR count). The van der Waals surface area contributed by atoms with Crippen molar-refractivity contribution < 1.29 is 18.1 Å². The van der Waals surface area contributed by atoms with Crippen molar-refractivity contribution in [2.24, 2.45) is 0 Å². The molecule has 0 fully saturated rings. The average Bonchev–Trinajstić information content (AvgIpc) is 2.67. The smallest absolute Gasteiger partial charge is 0.267 e. The van der Waals surface area contributed by atoms with E-state index in [0.717, 1.165) is 70.6 Å². The fourth-order valence-corrected chi connectivity index (χ4v) is 4.93. The van der Waals surface area contributed by atoms with Crippen LogP contribution >= 0.6 is 0 Å². The number of aliphatic hydroxyl groups excluding tert-OH is 1. The van der Waals surface area contributed by atoms with Gasteiger partial charge in [0.1, 0.15) is 0 Å². The Kier molecular flexibility index (Phi) is 19.7. The van der Waals surface area contributed by atoms with Crippen molar-refractivity contribution in [1.29, 1.82) is 0 Å². The molecule has 0 aromatic heterocycles. The SMILES string of the molecule is CCCCCCCCCCC(O)CCCCCCCC(CCCCC)S(=O)(=O)O. The topological polar surface area (TPSA) is 74.6 Å². The minimum atomic E-state index is -3.91. The van der Waals surface area contributed by atoms with Gasteiger partial charge in [-0.1, -0.05) is 117 Å². The molecule has 0 spiro atoms. The van der Waals surface area contributed by atoms with Gasteiger partial charge < -0.3 is 5.11 Å². The van der Waals surface area contributed by atoms with Crippen molar-refractivity contribution in [1.82, 2.24) is 0 Å². The molecular weight excluding hydrogens is 384 g/mol. The highest BCUT2D eigenvalue weighted by Gasteiger charge is 2.21. The number of unbranched alkanes of at least 4 members (excludes halogenated alkanes) is 13. The van der Waals surface area contributed by atoms with Crippen LogP contribution in [-0.4, -0.2) is 29.4 Å². The van der Waals surface area contributed by atoms with E-state index in [9.17, 15) is 18.1 Å². The highest BCUT2D eigenvalue weighted by Crippen LogP contribution is 2.19. The highest BCUT2D eigenvalue weighted by molar-refractivity contribution is 7.86. The van der Waals surface area contributed by atoms with E-state index in [0.29, 0.717) is 12.8 Å². The Morgan fingerprint density at radius 1 is 0.552 bits per heavy atom. The van der Waals surface area contributed by atoms with Crippen molar-refractivity contribution in [3.63, 3.8) is 0 Å². The summed E-state index contributed by atoms with van der Waals surface area (Å²) in [6.45, 7) is 4.34.